The van der Waals surface area contributed by atoms with Gasteiger partial charge in [0, 0.05) is 25.5 Å². The molecule has 1 atom stereocenters. The largest absolute Gasteiger partial charge is 0.355 e. The van der Waals surface area contributed by atoms with Crippen molar-refractivity contribution in [3.05, 3.63) is 12.4 Å². The van der Waals surface area contributed by atoms with Crippen molar-refractivity contribution in [2.24, 2.45) is 5.92 Å². The highest BCUT2D eigenvalue weighted by Crippen LogP contribution is 2.18. The molecule has 1 saturated heterocycles. The fraction of sp³-hybridized carbons (Fsp3) is 0.700. The molecular formula is C10H17N3O2S. The van der Waals surface area contributed by atoms with Gasteiger partial charge in [-0.3, -0.25) is 0 Å². The van der Waals surface area contributed by atoms with Crippen LogP contribution in [-0.2, 0) is 16.4 Å². The number of aromatic nitrogens is 2. The van der Waals surface area contributed by atoms with Crippen molar-refractivity contribution in [2.75, 3.05) is 23.4 Å². The van der Waals surface area contributed by atoms with Crippen LogP contribution >= 0.6 is 0 Å². The lowest BCUT2D eigenvalue weighted by atomic mass is 10.1. The third-order valence-corrected chi connectivity index (χ3v) is 4.77. The van der Waals surface area contributed by atoms with Gasteiger partial charge >= 0.3 is 0 Å². The Labute approximate surface area is 95.8 Å². The summed E-state index contributed by atoms with van der Waals surface area (Å²) in [6.45, 7) is 3.61. The number of nitrogens with one attached hydrogen (secondary N) is 1. The molecule has 0 radical (unpaired) electrons. The van der Waals surface area contributed by atoms with Crippen LogP contribution in [0.15, 0.2) is 12.4 Å². The summed E-state index contributed by atoms with van der Waals surface area (Å²) < 4.78 is 24.6. The Kier molecular flexibility index (Phi) is 3.18. The fourth-order valence-corrected chi connectivity index (χ4v) is 3.86. The van der Waals surface area contributed by atoms with Crippen LogP contribution in [0.3, 0.4) is 0 Å². The van der Waals surface area contributed by atoms with E-state index in [1.165, 1.54) is 0 Å². The zero-order valence-electron chi connectivity index (χ0n) is 9.39. The second-order valence-corrected chi connectivity index (χ2v) is 6.42. The van der Waals surface area contributed by atoms with E-state index in [1.54, 1.807) is 6.20 Å². The molecule has 0 spiro atoms. The van der Waals surface area contributed by atoms with Gasteiger partial charge in [0.05, 0.1) is 11.5 Å². The molecule has 0 bridgehead atoms. The number of hydrogen-bond acceptors (Lipinski definition) is 4. The molecule has 1 fully saturated rings. The van der Waals surface area contributed by atoms with Gasteiger partial charge < -0.3 is 9.88 Å². The van der Waals surface area contributed by atoms with Crippen molar-refractivity contribution in [1.82, 2.24) is 9.55 Å². The molecule has 1 unspecified atom stereocenters. The second-order valence-electron chi connectivity index (χ2n) is 4.19. The summed E-state index contributed by atoms with van der Waals surface area (Å²) in [5.74, 6) is 1.70. The van der Waals surface area contributed by atoms with Crippen LogP contribution < -0.4 is 5.32 Å². The molecule has 0 aromatic carbocycles. The van der Waals surface area contributed by atoms with Crippen LogP contribution in [-0.4, -0.2) is 36.0 Å². The predicted octanol–water partition coefficient (Wildman–Crippen LogP) is 0.750. The van der Waals surface area contributed by atoms with E-state index in [1.807, 2.05) is 17.7 Å². The van der Waals surface area contributed by atoms with Gasteiger partial charge in [-0.2, -0.15) is 0 Å². The molecule has 2 rings (SSSR count). The smallest absolute Gasteiger partial charge is 0.202 e. The van der Waals surface area contributed by atoms with Crippen LogP contribution in [0.4, 0.5) is 5.95 Å². The third-order valence-electron chi connectivity index (χ3n) is 2.93. The molecule has 1 aliphatic heterocycles. The minimum Gasteiger partial charge on any atom is -0.355 e. The number of aryl methyl sites for hydroxylation is 1. The number of hydrogen-bond donors (Lipinski definition) is 1. The Balaban J connectivity index is 1.89. The van der Waals surface area contributed by atoms with Crippen molar-refractivity contribution >= 4 is 15.8 Å². The second kappa shape index (κ2) is 4.45. The van der Waals surface area contributed by atoms with Crippen molar-refractivity contribution in [2.45, 2.75) is 19.9 Å². The Morgan fingerprint density at radius 1 is 1.62 bits per heavy atom. The van der Waals surface area contributed by atoms with E-state index >= 15 is 0 Å². The number of nitrogens with zero attached hydrogens (tertiary/aromatic N) is 2. The Morgan fingerprint density at radius 2 is 2.44 bits per heavy atom. The van der Waals surface area contributed by atoms with Gasteiger partial charge in [0.25, 0.3) is 0 Å². The molecule has 6 heteroatoms. The monoisotopic (exact) mass is 243 g/mol. The summed E-state index contributed by atoms with van der Waals surface area (Å²) in [6.07, 6.45) is 4.42. The summed E-state index contributed by atoms with van der Waals surface area (Å²) in [7, 11) is -2.77. The van der Waals surface area contributed by atoms with E-state index in [0.29, 0.717) is 18.1 Å². The molecule has 2 heterocycles. The normalized spacial score (nSPS) is 23.4. The standard InChI is InChI=1S/C10H17N3O2S/c1-2-13-5-4-11-10(13)12-7-9-3-6-16(14,15)8-9/h4-5,9H,2-3,6-8H2,1H3,(H,11,12). The minimum absolute atomic E-state index is 0.229. The van der Waals surface area contributed by atoms with Crippen LogP contribution in [0.5, 0.6) is 0 Å². The van der Waals surface area contributed by atoms with Crippen molar-refractivity contribution in [1.29, 1.82) is 0 Å². The highest BCUT2D eigenvalue weighted by Gasteiger charge is 2.27. The van der Waals surface area contributed by atoms with E-state index in [-0.39, 0.29) is 5.92 Å². The molecule has 0 saturated carbocycles. The summed E-state index contributed by atoms with van der Waals surface area (Å²) in [4.78, 5) is 4.19. The molecular weight excluding hydrogens is 226 g/mol. The average molecular weight is 243 g/mol. The zero-order valence-corrected chi connectivity index (χ0v) is 10.2. The van der Waals surface area contributed by atoms with Gasteiger partial charge in [-0.15, -0.1) is 0 Å². The zero-order chi connectivity index (χ0) is 11.6. The molecule has 0 amide bonds. The van der Waals surface area contributed by atoms with E-state index in [2.05, 4.69) is 10.3 Å². The molecule has 90 valence electrons. The average Bonchev–Trinajstić information content (AvgIpc) is 2.81. The van der Waals surface area contributed by atoms with Gasteiger partial charge in [0.2, 0.25) is 5.95 Å². The van der Waals surface area contributed by atoms with Crippen LogP contribution in [0.1, 0.15) is 13.3 Å². The quantitative estimate of drug-likeness (QED) is 0.847. The number of sulfone groups is 1. The first-order valence-electron chi connectivity index (χ1n) is 5.56. The van der Waals surface area contributed by atoms with Gasteiger partial charge in [-0.1, -0.05) is 0 Å². The van der Waals surface area contributed by atoms with Gasteiger partial charge in [-0.25, -0.2) is 13.4 Å². The Bertz CT molecular complexity index is 452. The maximum Gasteiger partial charge on any atom is 0.202 e. The highest BCUT2D eigenvalue weighted by atomic mass is 32.2. The number of imidazole rings is 1. The summed E-state index contributed by atoms with van der Waals surface area (Å²) in [6, 6.07) is 0. The van der Waals surface area contributed by atoms with E-state index in [4.69, 9.17) is 0 Å². The lowest BCUT2D eigenvalue weighted by Gasteiger charge is -2.11. The number of anilines is 1. The highest BCUT2D eigenvalue weighted by molar-refractivity contribution is 7.91. The fourth-order valence-electron chi connectivity index (χ4n) is 2.00. The van der Waals surface area contributed by atoms with E-state index in [9.17, 15) is 8.42 Å². The first-order chi connectivity index (χ1) is 7.61. The predicted molar refractivity (Wildman–Crippen MR) is 63.2 cm³/mol. The summed E-state index contributed by atoms with van der Waals surface area (Å²) >= 11 is 0. The lowest BCUT2D eigenvalue weighted by Crippen LogP contribution is -2.17. The van der Waals surface area contributed by atoms with Gasteiger partial charge in [0.15, 0.2) is 9.84 Å². The molecule has 1 N–H and O–H groups in total. The Hall–Kier alpha value is -1.04. The third kappa shape index (κ3) is 2.55. The molecule has 1 aromatic rings. The molecule has 16 heavy (non-hydrogen) atoms. The SMILES string of the molecule is CCn1ccnc1NCC1CCS(=O)(=O)C1. The number of rotatable bonds is 4. The van der Waals surface area contributed by atoms with Crippen molar-refractivity contribution in [3.8, 4) is 0 Å². The van der Waals surface area contributed by atoms with Gasteiger partial charge in [-0.05, 0) is 19.3 Å². The first-order valence-corrected chi connectivity index (χ1v) is 7.38. The van der Waals surface area contributed by atoms with E-state index < -0.39 is 9.84 Å². The molecule has 5 nitrogen and oxygen atoms in total. The van der Waals surface area contributed by atoms with E-state index in [0.717, 1.165) is 18.9 Å². The minimum atomic E-state index is -2.77. The topological polar surface area (TPSA) is 64.0 Å². The van der Waals surface area contributed by atoms with Crippen molar-refractivity contribution in [3.63, 3.8) is 0 Å². The van der Waals surface area contributed by atoms with Gasteiger partial charge in [0.1, 0.15) is 0 Å². The molecule has 1 aliphatic rings. The summed E-state index contributed by atoms with van der Waals surface area (Å²) in [5.41, 5.74) is 0. The maximum absolute atomic E-state index is 11.3. The maximum atomic E-state index is 11.3. The molecule has 0 aliphatic carbocycles. The van der Waals surface area contributed by atoms with Crippen LogP contribution in [0, 0.1) is 5.92 Å². The molecule has 1 aromatic heterocycles. The van der Waals surface area contributed by atoms with Crippen LogP contribution in [0.25, 0.3) is 0 Å². The first kappa shape index (κ1) is 11.4. The summed E-state index contributed by atoms with van der Waals surface area (Å²) in [5, 5.41) is 3.21. The van der Waals surface area contributed by atoms with Crippen molar-refractivity contribution < 1.29 is 8.42 Å². The Morgan fingerprint density at radius 3 is 3.06 bits per heavy atom. The lowest BCUT2D eigenvalue weighted by molar-refractivity contribution is 0.594. The van der Waals surface area contributed by atoms with Crippen LogP contribution in [0.2, 0.25) is 0 Å².